The minimum Gasteiger partial charge on any atom is -0.398 e. The van der Waals surface area contributed by atoms with Crippen molar-refractivity contribution in [3.05, 3.63) is 47.3 Å². The van der Waals surface area contributed by atoms with E-state index in [9.17, 15) is 13.2 Å². The summed E-state index contributed by atoms with van der Waals surface area (Å²) < 4.78 is 37.6. The van der Waals surface area contributed by atoms with Crippen LogP contribution in [0.15, 0.2) is 30.6 Å². The number of anilines is 1. The molecule has 0 unspecified atom stereocenters. The molecule has 90 valence electrons. The molecular formula is C11H10F3N3. The Morgan fingerprint density at radius 1 is 1.29 bits per heavy atom. The Morgan fingerprint density at radius 3 is 2.65 bits per heavy atom. The number of nitrogens with one attached hydrogen (secondary N) is 1. The number of alkyl halides is 3. The molecule has 1 heterocycles. The van der Waals surface area contributed by atoms with Crippen LogP contribution in [0.25, 0.3) is 0 Å². The zero-order valence-corrected chi connectivity index (χ0v) is 8.75. The third kappa shape index (κ3) is 2.58. The third-order valence-corrected chi connectivity index (χ3v) is 2.42. The van der Waals surface area contributed by atoms with E-state index in [0.29, 0.717) is 17.7 Å². The molecule has 0 spiro atoms. The van der Waals surface area contributed by atoms with Gasteiger partial charge in [0.05, 0.1) is 11.8 Å². The molecule has 0 fully saturated rings. The maximum absolute atomic E-state index is 12.5. The number of nitrogens with two attached hydrogens (primary N) is 1. The van der Waals surface area contributed by atoms with Crippen LogP contribution in [0.1, 0.15) is 16.7 Å². The summed E-state index contributed by atoms with van der Waals surface area (Å²) in [5.74, 6) is 0. The summed E-state index contributed by atoms with van der Waals surface area (Å²) >= 11 is 0. The summed E-state index contributed by atoms with van der Waals surface area (Å²) in [6.07, 6.45) is -0.843. The molecule has 0 aliphatic carbocycles. The average Bonchev–Trinajstić information content (AvgIpc) is 2.72. The van der Waals surface area contributed by atoms with E-state index < -0.39 is 11.7 Å². The Bertz CT molecular complexity index is 503. The molecule has 3 N–H and O–H groups in total. The van der Waals surface area contributed by atoms with E-state index in [1.165, 1.54) is 6.07 Å². The van der Waals surface area contributed by atoms with Crippen molar-refractivity contribution in [1.82, 2.24) is 10.2 Å². The number of halogens is 3. The Balaban J connectivity index is 2.33. The Labute approximate surface area is 95.5 Å². The number of aromatic amines is 1. The van der Waals surface area contributed by atoms with Crippen molar-refractivity contribution >= 4 is 5.69 Å². The van der Waals surface area contributed by atoms with Crippen molar-refractivity contribution in [2.24, 2.45) is 0 Å². The minimum atomic E-state index is -4.35. The fraction of sp³-hybridized carbons (Fsp3) is 0.182. The lowest BCUT2D eigenvalue weighted by Crippen LogP contribution is -2.07. The number of hydrogen-bond donors (Lipinski definition) is 2. The second-order valence-electron chi connectivity index (χ2n) is 3.69. The average molecular weight is 241 g/mol. The number of hydrogen-bond acceptors (Lipinski definition) is 2. The van der Waals surface area contributed by atoms with E-state index in [1.807, 2.05) is 0 Å². The number of nitrogen functional groups attached to an aromatic ring is 1. The van der Waals surface area contributed by atoms with Crippen LogP contribution >= 0.6 is 0 Å². The molecular weight excluding hydrogens is 231 g/mol. The first-order valence-corrected chi connectivity index (χ1v) is 4.90. The SMILES string of the molecule is Nc1ccc(C(F)(F)F)cc1Cc1cn[nH]c1. The number of aromatic nitrogens is 2. The minimum absolute atomic E-state index is 0.326. The molecule has 2 rings (SSSR count). The molecule has 0 aliphatic rings. The first kappa shape index (κ1) is 11.5. The number of H-pyrrole nitrogens is 1. The van der Waals surface area contributed by atoms with Crippen molar-refractivity contribution in [2.45, 2.75) is 12.6 Å². The van der Waals surface area contributed by atoms with Gasteiger partial charge in [0.15, 0.2) is 0 Å². The molecule has 0 saturated heterocycles. The van der Waals surface area contributed by atoms with Gasteiger partial charge in [0.25, 0.3) is 0 Å². The van der Waals surface area contributed by atoms with Crippen molar-refractivity contribution in [2.75, 3.05) is 5.73 Å². The predicted octanol–water partition coefficient (Wildman–Crippen LogP) is 2.60. The summed E-state index contributed by atoms with van der Waals surface area (Å²) in [4.78, 5) is 0. The van der Waals surface area contributed by atoms with Crippen molar-refractivity contribution in [3.63, 3.8) is 0 Å². The van der Waals surface area contributed by atoms with Gasteiger partial charge in [-0.3, -0.25) is 5.10 Å². The molecule has 3 nitrogen and oxygen atoms in total. The monoisotopic (exact) mass is 241 g/mol. The van der Waals surface area contributed by atoms with Crippen LogP contribution in [0.3, 0.4) is 0 Å². The van der Waals surface area contributed by atoms with Gasteiger partial charge in [-0.2, -0.15) is 18.3 Å². The summed E-state index contributed by atoms with van der Waals surface area (Å²) in [6, 6.07) is 3.33. The maximum atomic E-state index is 12.5. The smallest absolute Gasteiger partial charge is 0.398 e. The Morgan fingerprint density at radius 2 is 2.06 bits per heavy atom. The Kier molecular flexibility index (Phi) is 2.79. The predicted molar refractivity (Wildman–Crippen MR) is 57.3 cm³/mol. The van der Waals surface area contributed by atoms with Crippen molar-refractivity contribution in [3.8, 4) is 0 Å². The van der Waals surface area contributed by atoms with Gasteiger partial charge in [-0.15, -0.1) is 0 Å². The van der Waals surface area contributed by atoms with Crippen molar-refractivity contribution < 1.29 is 13.2 Å². The lowest BCUT2D eigenvalue weighted by Gasteiger charge is -2.10. The second kappa shape index (κ2) is 4.12. The topological polar surface area (TPSA) is 54.7 Å². The van der Waals surface area contributed by atoms with Gasteiger partial charge in [-0.05, 0) is 29.3 Å². The van der Waals surface area contributed by atoms with Gasteiger partial charge in [0.1, 0.15) is 0 Å². The fourth-order valence-corrected chi connectivity index (χ4v) is 1.53. The Hall–Kier alpha value is -1.98. The molecule has 0 saturated carbocycles. The summed E-state index contributed by atoms with van der Waals surface area (Å²) in [7, 11) is 0. The lowest BCUT2D eigenvalue weighted by atomic mass is 10.0. The van der Waals surface area contributed by atoms with Crippen LogP contribution in [0, 0.1) is 0 Å². The quantitative estimate of drug-likeness (QED) is 0.794. The highest BCUT2D eigenvalue weighted by molar-refractivity contribution is 5.50. The normalized spacial score (nSPS) is 11.7. The van der Waals surface area contributed by atoms with Gasteiger partial charge in [-0.1, -0.05) is 0 Å². The van der Waals surface area contributed by atoms with Crippen LogP contribution in [-0.4, -0.2) is 10.2 Å². The van der Waals surface area contributed by atoms with Gasteiger partial charge in [-0.25, -0.2) is 0 Å². The van der Waals surface area contributed by atoms with Crippen LogP contribution in [0.4, 0.5) is 18.9 Å². The van der Waals surface area contributed by atoms with E-state index in [4.69, 9.17) is 5.73 Å². The van der Waals surface area contributed by atoms with E-state index in [0.717, 1.165) is 17.7 Å². The maximum Gasteiger partial charge on any atom is 0.416 e. The largest absolute Gasteiger partial charge is 0.416 e. The molecule has 6 heteroatoms. The summed E-state index contributed by atoms with van der Waals surface area (Å²) in [6.45, 7) is 0. The molecule has 0 radical (unpaired) electrons. The number of benzene rings is 1. The van der Waals surface area contributed by atoms with Crippen molar-refractivity contribution in [1.29, 1.82) is 0 Å². The van der Waals surface area contributed by atoms with Gasteiger partial charge in [0.2, 0.25) is 0 Å². The lowest BCUT2D eigenvalue weighted by molar-refractivity contribution is -0.137. The molecule has 0 atom stereocenters. The van der Waals surface area contributed by atoms with E-state index in [-0.39, 0.29) is 0 Å². The highest BCUT2D eigenvalue weighted by Gasteiger charge is 2.30. The van der Waals surface area contributed by atoms with E-state index >= 15 is 0 Å². The number of rotatable bonds is 2. The standard InChI is InChI=1S/C11H10F3N3/c12-11(13,14)9-1-2-10(15)8(4-9)3-7-5-16-17-6-7/h1-2,4-6H,3,15H2,(H,16,17). The zero-order chi connectivity index (χ0) is 12.5. The van der Waals surface area contributed by atoms with E-state index in [1.54, 1.807) is 12.4 Å². The van der Waals surface area contributed by atoms with Crippen LogP contribution in [0.5, 0.6) is 0 Å². The van der Waals surface area contributed by atoms with E-state index in [2.05, 4.69) is 10.2 Å². The second-order valence-corrected chi connectivity index (χ2v) is 3.69. The van der Waals surface area contributed by atoms with Gasteiger partial charge < -0.3 is 5.73 Å². The molecule has 17 heavy (non-hydrogen) atoms. The van der Waals surface area contributed by atoms with Crippen LogP contribution < -0.4 is 5.73 Å². The summed E-state index contributed by atoms with van der Waals surface area (Å²) in [5, 5.41) is 6.33. The van der Waals surface area contributed by atoms with Crippen LogP contribution in [-0.2, 0) is 12.6 Å². The molecule has 0 aliphatic heterocycles. The summed E-state index contributed by atoms with van der Waals surface area (Å²) in [5.41, 5.74) is 6.54. The molecule has 2 aromatic rings. The van der Waals surface area contributed by atoms with Gasteiger partial charge >= 0.3 is 6.18 Å². The first-order valence-electron chi connectivity index (χ1n) is 4.90. The van der Waals surface area contributed by atoms with Crippen LogP contribution in [0.2, 0.25) is 0 Å². The molecule has 1 aromatic heterocycles. The molecule has 1 aromatic carbocycles. The van der Waals surface area contributed by atoms with Gasteiger partial charge in [0, 0.05) is 18.3 Å². The number of nitrogens with zero attached hydrogens (tertiary/aromatic N) is 1. The zero-order valence-electron chi connectivity index (χ0n) is 8.75. The third-order valence-electron chi connectivity index (χ3n) is 2.42. The highest BCUT2D eigenvalue weighted by atomic mass is 19.4. The fourth-order valence-electron chi connectivity index (χ4n) is 1.53. The molecule has 0 bridgehead atoms. The molecule has 0 amide bonds. The highest BCUT2D eigenvalue weighted by Crippen LogP contribution is 2.31. The first-order chi connectivity index (χ1) is 7.97.